The van der Waals surface area contributed by atoms with E-state index in [4.69, 9.17) is 34.1 Å². The van der Waals surface area contributed by atoms with Gasteiger partial charge in [-0.1, -0.05) is 23.2 Å². The highest BCUT2D eigenvalue weighted by Gasteiger charge is 2.13. The minimum Gasteiger partial charge on any atom is -0.379 e. The van der Waals surface area contributed by atoms with E-state index < -0.39 is 0 Å². The third-order valence-corrected chi connectivity index (χ3v) is 2.37. The molecule has 0 amide bonds. The van der Waals surface area contributed by atoms with Crippen molar-refractivity contribution in [1.29, 1.82) is 0 Å². The molecule has 2 rings (SSSR count). The lowest BCUT2D eigenvalue weighted by molar-refractivity contribution is 0.234. The Hall–Kier alpha value is -1.83. The Balaban J connectivity index is 2.44. The van der Waals surface area contributed by atoms with Crippen LogP contribution in [0.25, 0.3) is 0 Å². The molecule has 0 aliphatic rings. The third-order valence-electron chi connectivity index (χ3n) is 1.93. The molecule has 1 heterocycles. The quantitative estimate of drug-likeness (QED) is 0.443. The van der Waals surface area contributed by atoms with E-state index >= 15 is 0 Å². The van der Waals surface area contributed by atoms with E-state index in [0.29, 0.717) is 15.7 Å². The van der Waals surface area contributed by atoms with Crippen LogP contribution in [0.2, 0.25) is 10.0 Å². The Bertz CT molecular complexity index is 578. The van der Waals surface area contributed by atoms with E-state index in [1.165, 1.54) is 0 Å². The number of nitrogen functional groups attached to an aromatic ring is 1. The van der Waals surface area contributed by atoms with Gasteiger partial charge in [0.15, 0.2) is 17.3 Å². The maximum absolute atomic E-state index is 9.01. The highest BCUT2D eigenvalue weighted by atomic mass is 35.5. The first-order chi connectivity index (χ1) is 8.60. The van der Waals surface area contributed by atoms with E-state index in [-0.39, 0.29) is 17.3 Å². The summed E-state index contributed by atoms with van der Waals surface area (Å²) in [6.07, 6.45) is 0. The number of rotatable bonds is 2. The van der Waals surface area contributed by atoms with E-state index in [9.17, 15) is 0 Å². The lowest BCUT2D eigenvalue weighted by Crippen LogP contribution is -2.21. The molecule has 0 saturated carbocycles. The van der Waals surface area contributed by atoms with Gasteiger partial charge in [-0.3, -0.25) is 10.7 Å². The number of benzene rings is 1. The second-order valence-electron chi connectivity index (χ2n) is 3.20. The van der Waals surface area contributed by atoms with Crippen molar-refractivity contribution in [2.75, 3.05) is 5.73 Å². The fraction of sp³-hybridized carbons (Fsp3) is 0. The minimum absolute atomic E-state index is 0.0107. The van der Waals surface area contributed by atoms with E-state index in [1.807, 2.05) is 5.48 Å². The first kappa shape index (κ1) is 12.6. The van der Waals surface area contributed by atoms with Crippen LogP contribution in [0.5, 0.6) is 0 Å². The highest BCUT2D eigenvalue weighted by molar-refractivity contribution is 6.35. The Morgan fingerprint density at radius 1 is 1.28 bits per heavy atom. The maximum atomic E-state index is 9.01. The standard InChI is InChI=1S/C9H7Cl2N5O2/c10-4-1-5(11)3-6(2-4)13-9(14-17)7-8(12)16-18-15-7/h1-3,17H,(H2,12,16)(H,13,14). The van der Waals surface area contributed by atoms with Gasteiger partial charge >= 0.3 is 0 Å². The number of halogens is 2. The van der Waals surface area contributed by atoms with Crippen molar-refractivity contribution in [2.45, 2.75) is 0 Å². The number of anilines is 1. The summed E-state index contributed by atoms with van der Waals surface area (Å²) in [5.41, 5.74) is 7.82. The van der Waals surface area contributed by atoms with Gasteiger partial charge in [0, 0.05) is 10.0 Å². The monoisotopic (exact) mass is 287 g/mol. The van der Waals surface area contributed by atoms with Crippen LogP contribution in [0.1, 0.15) is 5.69 Å². The van der Waals surface area contributed by atoms with Crippen molar-refractivity contribution in [3.8, 4) is 0 Å². The molecule has 0 atom stereocenters. The topological polar surface area (TPSA) is 110 Å². The van der Waals surface area contributed by atoms with E-state index in [2.05, 4.69) is 19.9 Å². The molecule has 1 aromatic carbocycles. The molecular weight excluding hydrogens is 281 g/mol. The number of hydrogen-bond donors (Lipinski definition) is 3. The molecule has 0 fully saturated rings. The molecule has 9 heteroatoms. The molecule has 18 heavy (non-hydrogen) atoms. The number of nitrogens with one attached hydrogen (secondary N) is 1. The zero-order chi connectivity index (χ0) is 13.1. The molecule has 1 aromatic heterocycles. The molecule has 0 saturated heterocycles. The predicted octanol–water partition coefficient (Wildman–Crippen LogP) is 2.02. The highest BCUT2D eigenvalue weighted by Crippen LogP contribution is 2.25. The second kappa shape index (κ2) is 5.21. The second-order valence-corrected chi connectivity index (χ2v) is 4.07. The van der Waals surface area contributed by atoms with Gasteiger partial charge in [0.25, 0.3) is 0 Å². The number of amidine groups is 1. The summed E-state index contributed by atoms with van der Waals surface area (Å²) in [6.45, 7) is 0. The molecule has 2 aromatic rings. The molecule has 0 bridgehead atoms. The van der Waals surface area contributed by atoms with Crippen LogP contribution in [0, 0.1) is 0 Å². The van der Waals surface area contributed by atoms with Crippen molar-refractivity contribution in [3.05, 3.63) is 33.9 Å². The van der Waals surface area contributed by atoms with Gasteiger partial charge in [-0.2, -0.15) is 0 Å². The predicted molar refractivity (Wildman–Crippen MR) is 66.3 cm³/mol. The van der Waals surface area contributed by atoms with Gasteiger partial charge in [-0.15, -0.1) is 0 Å². The molecule has 94 valence electrons. The van der Waals surface area contributed by atoms with Crippen LogP contribution in [-0.4, -0.2) is 21.4 Å². The number of nitrogens with zero attached hydrogens (tertiary/aromatic N) is 3. The molecule has 0 aliphatic carbocycles. The lowest BCUT2D eigenvalue weighted by atomic mass is 10.3. The molecule has 7 nitrogen and oxygen atoms in total. The van der Waals surface area contributed by atoms with Crippen LogP contribution in [-0.2, 0) is 0 Å². The summed E-state index contributed by atoms with van der Waals surface area (Å²) < 4.78 is 4.40. The van der Waals surface area contributed by atoms with Gasteiger partial charge < -0.3 is 5.73 Å². The zero-order valence-electron chi connectivity index (χ0n) is 8.76. The van der Waals surface area contributed by atoms with Crippen molar-refractivity contribution < 1.29 is 9.84 Å². The number of aromatic nitrogens is 2. The molecule has 0 unspecified atom stereocenters. The minimum atomic E-state index is -0.0351. The SMILES string of the molecule is Nc1nonc1C(=Nc1cc(Cl)cc(Cl)c1)NO. The van der Waals surface area contributed by atoms with Gasteiger partial charge in [0.2, 0.25) is 0 Å². The summed E-state index contributed by atoms with van der Waals surface area (Å²) in [6, 6.07) is 4.66. The van der Waals surface area contributed by atoms with Crippen LogP contribution >= 0.6 is 23.2 Å². The largest absolute Gasteiger partial charge is 0.379 e. The van der Waals surface area contributed by atoms with Crippen molar-refractivity contribution in [2.24, 2.45) is 4.99 Å². The van der Waals surface area contributed by atoms with Gasteiger partial charge in [-0.05, 0) is 28.5 Å². The average molecular weight is 288 g/mol. The van der Waals surface area contributed by atoms with Crippen LogP contribution < -0.4 is 11.2 Å². The molecule has 4 N–H and O–H groups in total. The first-order valence-corrected chi connectivity index (χ1v) is 5.39. The summed E-state index contributed by atoms with van der Waals surface area (Å²) in [5, 5.41) is 16.7. The molecule has 0 radical (unpaired) electrons. The smallest absolute Gasteiger partial charge is 0.199 e. The fourth-order valence-electron chi connectivity index (χ4n) is 1.22. The number of nitrogens with two attached hydrogens (primary N) is 1. The Morgan fingerprint density at radius 2 is 1.94 bits per heavy atom. The lowest BCUT2D eigenvalue weighted by Gasteiger charge is -2.02. The maximum Gasteiger partial charge on any atom is 0.199 e. The summed E-state index contributed by atoms with van der Waals surface area (Å²) in [5.74, 6) is -0.0458. The first-order valence-electron chi connectivity index (χ1n) is 4.63. The van der Waals surface area contributed by atoms with Gasteiger partial charge in [0.1, 0.15) is 0 Å². The normalized spacial score (nSPS) is 11.6. The number of hydroxylamine groups is 1. The molecular formula is C9H7Cl2N5O2. The average Bonchev–Trinajstić information content (AvgIpc) is 2.71. The van der Waals surface area contributed by atoms with Crippen LogP contribution in [0.15, 0.2) is 27.8 Å². The zero-order valence-corrected chi connectivity index (χ0v) is 10.3. The Labute approximate surface area is 111 Å². The summed E-state index contributed by atoms with van der Waals surface area (Å²) in [4.78, 5) is 4.05. The van der Waals surface area contributed by atoms with Crippen LogP contribution in [0.4, 0.5) is 11.5 Å². The number of aliphatic imine (C=N–C) groups is 1. The Morgan fingerprint density at radius 3 is 2.44 bits per heavy atom. The van der Waals surface area contributed by atoms with Crippen molar-refractivity contribution >= 4 is 40.5 Å². The Kier molecular flexibility index (Phi) is 3.66. The van der Waals surface area contributed by atoms with Crippen molar-refractivity contribution in [3.63, 3.8) is 0 Å². The summed E-state index contributed by atoms with van der Waals surface area (Å²) in [7, 11) is 0. The van der Waals surface area contributed by atoms with Crippen LogP contribution in [0.3, 0.4) is 0 Å². The van der Waals surface area contributed by atoms with E-state index in [0.717, 1.165) is 0 Å². The summed E-state index contributed by atoms with van der Waals surface area (Å²) >= 11 is 11.7. The fourth-order valence-corrected chi connectivity index (χ4v) is 1.74. The molecule has 0 spiro atoms. The van der Waals surface area contributed by atoms with E-state index in [1.54, 1.807) is 18.2 Å². The van der Waals surface area contributed by atoms with Crippen molar-refractivity contribution in [1.82, 2.24) is 15.8 Å². The number of hydrogen-bond acceptors (Lipinski definition) is 6. The van der Waals surface area contributed by atoms with Gasteiger partial charge in [0.05, 0.1) is 5.69 Å². The van der Waals surface area contributed by atoms with Gasteiger partial charge in [-0.25, -0.2) is 9.62 Å². The third kappa shape index (κ3) is 2.70. The molecule has 0 aliphatic heterocycles.